The number of carbonyl (C=O) groups is 2. The molecule has 0 radical (unpaired) electrons. The van der Waals surface area contributed by atoms with E-state index >= 15 is 0 Å². The summed E-state index contributed by atoms with van der Waals surface area (Å²) >= 11 is 0. The molecule has 1 heterocycles. The van der Waals surface area contributed by atoms with Crippen molar-refractivity contribution in [3.63, 3.8) is 0 Å². The molecule has 1 amide bonds. The molecule has 0 saturated heterocycles. The molecule has 1 unspecified atom stereocenters. The van der Waals surface area contributed by atoms with E-state index in [0.29, 0.717) is 12.2 Å². The molecule has 0 aliphatic carbocycles. The van der Waals surface area contributed by atoms with Gasteiger partial charge in [-0.25, -0.2) is 0 Å². The smallest absolute Gasteiger partial charge is 0.309 e. The maximum Gasteiger partial charge on any atom is 0.309 e. The van der Waals surface area contributed by atoms with Crippen molar-refractivity contribution in [3.05, 3.63) is 29.8 Å². The number of hydrogen-bond donors (Lipinski definition) is 1. The summed E-state index contributed by atoms with van der Waals surface area (Å²) in [5, 5.41) is 9.20. The molecule has 1 atom stereocenters. The van der Waals surface area contributed by atoms with Gasteiger partial charge in [-0.15, -0.1) is 0 Å². The lowest BCUT2D eigenvalue weighted by molar-refractivity contribution is -0.144. The van der Waals surface area contributed by atoms with Crippen molar-refractivity contribution in [2.24, 2.45) is 0 Å². The lowest BCUT2D eigenvalue weighted by Crippen LogP contribution is -2.55. The third-order valence-corrected chi connectivity index (χ3v) is 3.58. The van der Waals surface area contributed by atoms with Gasteiger partial charge in [-0.05, 0) is 19.1 Å². The van der Waals surface area contributed by atoms with Gasteiger partial charge in [0.2, 0.25) is 0 Å². The minimum Gasteiger partial charge on any atom is -0.466 e. The van der Waals surface area contributed by atoms with Crippen molar-refractivity contribution >= 4 is 17.6 Å². The lowest BCUT2D eigenvalue weighted by Gasteiger charge is -2.43. The third kappa shape index (κ3) is 3.00. The van der Waals surface area contributed by atoms with Gasteiger partial charge in [0, 0.05) is 13.6 Å². The number of hydrogen-bond acceptors (Lipinski definition) is 5. The van der Waals surface area contributed by atoms with E-state index in [1.807, 2.05) is 24.1 Å². The zero-order valence-corrected chi connectivity index (χ0v) is 12.3. The molecule has 6 heteroatoms. The number of β-amino-alcohol motifs (C(OH)–C–C–N with tert-alkyl or cyclic N) is 1. The summed E-state index contributed by atoms with van der Waals surface area (Å²) in [6.07, 6.45) is -0.372. The predicted molar refractivity (Wildman–Crippen MR) is 78.0 cm³/mol. The highest BCUT2D eigenvalue weighted by Gasteiger charge is 2.36. The molecule has 0 fully saturated rings. The molecule has 1 N–H and O–H groups in total. The summed E-state index contributed by atoms with van der Waals surface area (Å²) < 4.78 is 4.98. The fourth-order valence-electron chi connectivity index (χ4n) is 2.60. The molecule has 1 aliphatic heterocycles. The van der Waals surface area contributed by atoms with Crippen LogP contribution in [0.1, 0.15) is 23.7 Å². The van der Waals surface area contributed by atoms with E-state index in [-0.39, 0.29) is 31.4 Å². The van der Waals surface area contributed by atoms with Crippen LogP contribution in [0.25, 0.3) is 0 Å². The second-order valence-corrected chi connectivity index (χ2v) is 4.84. The maximum absolute atomic E-state index is 12.5. The summed E-state index contributed by atoms with van der Waals surface area (Å²) in [7, 11) is 1.83. The minimum absolute atomic E-state index is 0.0738. The van der Waals surface area contributed by atoms with Gasteiger partial charge in [0.25, 0.3) is 5.91 Å². The monoisotopic (exact) mass is 292 g/mol. The molecular formula is C15H20N2O4. The second-order valence-electron chi connectivity index (χ2n) is 4.84. The molecule has 1 aliphatic rings. The van der Waals surface area contributed by atoms with Crippen LogP contribution in [0.4, 0.5) is 5.69 Å². The number of amides is 1. The van der Waals surface area contributed by atoms with E-state index in [4.69, 9.17) is 4.74 Å². The first kappa shape index (κ1) is 15.3. The van der Waals surface area contributed by atoms with Crippen molar-refractivity contribution in [2.45, 2.75) is 19.5 Å². The van der Waals surface area contributed by atoms with Gasteiger partial charge < -0.3 is 19.6 Å². The molecule has 21 heavy (non-hydrogen) atoms. The second kappa shape index (κ2) is 6.58. The Balaban J connectivity index is 2.33. The van der Waals surface area contributed by atoms with Gasteiger partial charge in [-0.1, -0.05) is 12.1 Å². The zero-order valence-electron chi connectivity index (χ0n) is 12.3. The van der Waals surface area contributed by atoms with Gasteiger partial charge in [-0.2, -0.15) is 0 Å². The quantitative estimate of drug-likeness (QED) is 0.815. The Labute approximate surface area is 123 Å². The van der Waals surface area contributed by atoms with Gasteiger partial charge >= 0.3 is 5.97 Å². The van der Waals surface area contributed by atoms with Crippen LogP contribution in [0.2, 0.25) is 0 Å². The van der Waals surface area contributed by atoms with Crippen molar-refractivity contribution in [3.8, 4) is 0 Å². The number of aliphatic hydroxyl groups is 1. The van der Waals surface area contributed by atoms with Crippen molar-refractivity contribution < 1.29 is 19.4 Å². The highest BCUT2D eigenvalue weighted by molar-refractivity contribution is 6.02. The van der Waals surface area contributed by atoms with E-state index in [9.17, 15) is 14.7 Å². The number of rotatable bonds is 5. The molecule has 0 spiro atoms. The summed E-state index contributed by atoms with van der Waals surface area (Å²) in [5.74, 6) is -0.531. The summed E-state index contributed by atoms with van der Waals surface area (Å²) in [4.78, 5) is 27.7. The Morgan fingerprint density at radius 2 is 2.10 bits per heavy atom. The first-order valence-electron chi connectivity index (χ1n) is 6.99. The van der Waals surface area contributed by atoms with Crippen LogP contribution in [0.15, 0.2) is 24.3 Å². The predicted octanol–water partition coefficient (Wildman–Crippen LogP) is 0.850. The molecule has 0 bridgehead atoms. The third-order valence-electron chi connectivity index (χ3n) is 3.58. The van der Waals surface area contributed by atoms with Crippen LogP contribution in [-0.2, 0) is 9.53 Å². The average molecular weight is 292 g/mol. The molecule has 1 aromatic rings. The van der Waals surface area contributed by atoms with Crippen molar-refractivity contribution in [1.29, 1.82) is 0 Å². The first-order valence-corrected chi connectivity index (χ1v) is 6.99. The van der Waals surface area contributed by atoms with Gasteiger partial charge in [0.05, 0.1) is 30.9 Å². The number of benzene rings is 1. The van der Waals surface area contributed by atoms with Crippen LogP contribution in [-0.4, -0.2) is 54.9 Å². The number of carbonyl (C=O) groups excluding carboxylic acids is 2. The largest absolute Gasteiger partial charge is 0.466 e. The Morgan fingerprint density at radius 3 is 2.76 bits per heavy atom. The van der Waals surface area contributed by atoms with E-state index < -0.39 is 6.17 Å². The standard InChI is InChI=1S/C15H20N2O4/c1-3-21-14(19)10-13-16(2)12-7-5-4-6-11(12)15(20)17(13)8-9-18/h4-7,13,18H,3,8-10H2,1-2H3. The van der Waals surface area contributed by atoms with E-state index in [1.54, 1.807) is 19.1 Å². The number of esters is 1. The number of para-hydroxylation sites is 1. The van der Waals surface area contributed by atoms with Crippen molar-refractivity contribution in [2.75, 3.05) is 31.7 Å². The first-order chi connectivity index (χ1) is 10.1. The highest BCUT2D eigenvalue weighted by atomic mass is 16.5. The SMILES string of the molecule is CCOC(=O)CC1N(CCO)C(=O)c2ccccc2N1C. The average Bonchev–Trinajstić information content (AvgIpc) is 2.48. The van der Waals surface area contributed by atoms with Gasteiger partial charge in [-0.3, -0.25) is 9.59 Å². The van der Waals surface area contributed by atoms with Crippen molar-refractivity contribution in [1.82, 2.24) is 4.90 Å². The topological polar surface area (TPSA) is 70.1 Å². The molecule has 0 aromatic heterocycles. The normalized spacial score (nSPS) is 17.7. The Bertz CT molecular complexity index is 532. The molecule has 1 aromatic carbocycles. The minimum atomic E-state index is -0.446. The maximum atomic E-state index is 12.5. The van der Waals surface area contributed by atoms with Crippen LogP contribution < -0.4 is 4.90 Å². The highest BCUT2D eigenvalue weighted by Crippen LogP contribution is 2.30. The van der Waals surface area contributed by atoms with Crippen LogP contribution in [0.5, 0.6) is 0 Å². The molecule has 6 nitrogen and oxygen atoms in total. The lowest BCUT2D eigenvalue weighted by atomic mass is 10.0. The number of ether oxygens (including phenoxy) is 1. The van der Waals surface area contributed by atoms with E-state index in [0.717, 1.165) is 5.69 Å². The Hall–Kier alpha value is -2.08. The van der Waals surface area contributed by atoms with E-state index in [1.165, 1.54) is 4.90 Å². The number of anilines is 1. The van der Waals surface area contributed by atoms with Crippen LogP contribution >= 0.6 is 0 Å². The summed E-state index contributed by atoms with van der Waals surface area (Å²) in [6, 6.07) is 7.25. The number of nitrogens with zero attached hydrogens (tertiary/aromatic N) is 2. The Kier molecular flexibility index (Phi) is 4.80. The fraction of sp³-hybridized carbons (Fsp3) is 0.467. The molecule has 0 saturated carbocycles. The number of aliphatic hydroxyl groups excluding tert-OH is 1. The van der Waals surface area contributed by atoms with Crippen LogP contribution in [0.3, 0.4) is 0 Å². The van der Waals surface area contributed by atoms with Crippen LogP contribution in [0, 0.1) is 0 Å². The van der Waals surface area contributed by atoms with Gasteiger partial charge in [0.1, 0.15) is 6.17 Å². The summed E-state index contributed by atoms with van der Waals surface area (Å²) in [6.45, 7) is 2.08. The molecular weight excluding hydrogens is 272 g/mol. The van der Waals surface area contributed by atoms with Gasteiger partial charge in [0.15, 0.2) is 0 Å². The summed E-state index contributed by atoms with van der Waals surface area (Å²) in [5.41, 5.74) is 1.36. The fourth-order valence-corrected chi connectivity index (χ4v) is 2.60. The molecule has 114 valence electrons. The molecule has 2 rings (SSSR count). The number of fused-ring (bicyclic) bond motifs is 1. The zero-order chi connectivity index (χ0) is 15.4. The Morgan fingerprint density at radius 1 is 1.38 bits per heavy atom. The van der Waals surface area contributed by atoms with E-state index in [2.05, 4.69) is 0 Å².